The highest BCUT2D eigenvalue weighted by molar-refractivity contribution is 5.92. The Balaban J connectivity index is 3.48. The Hall–Kier alpha value is -3.01. The van der Waals surface area contributed by atoms with Crippen molar-refractivity contribution in [2.24, 2.45) is 5.92 Å². The van der Waals surface area contributed by atoms with Crippen LogP contribution in [0.1, 0.15) is 104 Å². The average Bonchev–Trinajstić information content (AvgIpc) is 2.83. The molecular weight excluding hydrogens is 466 g/mol. The van der Waals surface area contributed by atoms with Crippen LogP contribution in [-0.2, 0) is 14.3 Å². The number of carbonyl (C=O) groups is 3. The second kappa shape index (κ2) is 16.0. The highest BCUT2D eigenvalue weighted by atomic mass is 16.6. The first kappa shape index (κ1) is 32.0. The van der Waals surface area contributed by atoms with E-state index in [4.69, 9.17) is 11.2 Å². The molecule has 206 valence electrons. The van der Waals surface area contributed by atoms with E-state index in [1.165, 1.54) is 0 Å². The number of nitrogens with zero attached hydrogens (tertiary/aromatic N) is 1. The van der Waals surface area contributed by atoms with Crippen LogP contribution in [-0.4, -0.2) is 47.5 Å². The van der Waals surface area contributed by atoms with Gasteiger partial charge in [-0.3, -0.25) is 9.59 Å². The van der Waals surface area contributed by atoms with Crippen LogP contribution < -0.4 is 10.6 Å². The predicted molar refractivity (Wildman–Crippen MR) is 149 cm³/mol. The SMILES string of the molecule is C#Cc1ccccc1C(C(=O)NCCCCC)N(CCCCC)C(=O)C(NC(=O)OC(C)(C)C)C(C)C. The zero-order valence-corrected chi connectivity index (χ0v) is 23.9. The molecule has 2 N–H and O–H groups in total. The highest BCUT2D eigenvalue weighted by Gasteiger charge is 2.37. The topological polar surface area (TPSA) is 87.7 Å². The highest BCUT2D eigenvalue weighted by Crippen LogP contribution is 2.27. The molecule has 0 saturated heterocycles. The maximum Gasteiger partial charge on any atom is 0.408 e. The molecule has 37 heavy (non-hydrogen) atoms. The molecular formula is C30H47N3O4. The van der Waals surface area contributed by atoms with E-state index in [1.807, 2.05) is 26.0 Å². The monoisotopic (exact) mass is 513 g/mol. The van der Waals surface area contributed by atoms with E-state index in [2.05, 4.69) is 30.4 Å². The maximum absolute atomic E-state index is 14.1. The van der Waals surface area contributed by atoms with Crippen molar-refractivity contribution in [1.29, 1.82) is 0 Å². The molecule has 0 aliphatic carbocycles. The molecule has 1 aromatic carbocycles. The fourth-order valence-electron chi connectivity index (χ4n) is 4.03. The minimum absolute atomic E-state index is 0.232. The molecule has 2 atom stereocenters. The summed E-state index contributed by atoms with van der Waals surface area (Å²) in [7, 11) is 0. The molecule has 0 fully saturated rings. The van der Waals surface area contributed by atoms with Gasteiger partial charge >= 0.3 is 6.09 Å². The Labute approximate surface area is 224 Å². The van der Waals surface area contributed by atoms with Crippen molar-refractivity contribution in [2.75, 3.05) is 13.1 Å². The van der Waals surface area contributed by atoms with Crippen LogP contribution in [0.2, 0.25) is 0 Å². The summed E-state index contributed by atoms with van der Waals surface area (Å²) >= 11 is 0. The number of amides is 3. The summed E-state index contributed by atoms with van der Waals surface area (Å²) in [4.78, 5) is 42.0. The van der Waals surface area contributed by atoms with E-state index < -0.39 is 23.8 Å². The lowest BCUT2D eigenvalue weighted by Crippen LogP contribution is -2.55. The van der Waals surface area contributed by atoms with Crippen LogP contribution in [0.3, 0.4) is 0 Å². The number of alkyl carbamates (subject to hydrolysis) is 1. The van der Waals surface area contributed by atoms with Crippen molar-refractivity contribution < 1.29 is 19.1 Å². The third-order valence-corrected chi connectivity index (χ3v) is 5.94. The number of carbonyl (C=O) groups excluding carboxylic acids is 3. The number of nitrogens with one attached hydrogen (secondary N) is 2. The van der Waals surface area contributed by atoms with Crippen molar-refractivity contribution in [3.63, 3.8) is 0 Å². The van der Waals surface area contributed by atoms with Gasteiger partial charge in [0.1, 0.15) is 17.7 Å². The van der Waals surface area contributed by atoms with Crippen molar-refractivity contribution in [2.45, 2.75) is 105 Å². The molecule has 7 heteroatoms. The molecule has 2 unspecified atom stereocenters. The van der Waals surface area contributed by atoms with Crippen molar-refractivity contribution in [1.82, 2.24) is 15.5 Å². The van der Waals surface area contributed by atoms with Crippen LogP contribution in [0, 0.1) is 18.3 Å². The van der Waals surface area contributed by atoms with Crippen LogP contribution in [0.5, 0.6) is 0 Å². The summed E-state index contributed by atoms with van der Waals surface area (Å²) in [5, 5.41) is 5.77. The summed E-state index contributed by atoms with van der Waals surface area (Å²) in [5.41, 5.74) is 0.454. The summed E-state index contributed by atoms with van der Waals surface area (Å²) in [5.74, 6) is 1.83. The van der Waals surface area contributed by atoms with Gasteiger partial charge in [-0.2, -0.15) is 0 Å². The minimum atomic E-state index is -0.917. The third kappa shape index (κ3) is 10.9. The van der Waals surface area contributed by atoms with E-state index in [1.54, 1.807) is 37.8 Å². The van der Waals surface area contributed by atoms with Crippen molar-refractivity contribution in [3.8, 4) is 12.3 Å². The lowest BCUT2D eigenvalue weighted by Gasteiger charge is -2.36. The molecule has 0 bridgehead atoms. The molecule has 0 radical (unpaired) electrons. The number of benzene rings is 1. The largest absolute Gasteiger partial charge is 0.444 e. The minimum Gasteiger partial charge on any atom is -0.444 e. The molecule has 0 spiro atoms. The molecule has 1 aromatic rings. The van der Waals surface area contributed by atoms with Gasteiger partial charge in [-0.25, -0.2) is 4.79 Å². The van der Waals surface area contributed by atoms with E-state index in [0.29, 0.717) is 24.2 Å². The average molecular weight is 514 g/mol. The van der Waals surface area contributed by atoms with Crippen molar-refractivity contribution in [3.05, 3.63) is 35.4 Å². The van der Waals surface area contributed by atoms with Gasteiger partial charge in [0.2, 0.25) is 11.8 Å². The number of rotatable bonds is 14. The molecule has 0 heterocycles. The van der Waals surface area contributed by atoms with Gasteiger partial charge < -0.3 is 20.3 Å². The first-order valence-corrected chi connectivity index (χ1v) is 13.6. The standard InChI is InChI=1S/C30H47N3O4/c1-9-12-16-20-31-27(34)26(24-19-15-14-18-23(24)11-3)33(21-17-13-10-2)28(35)25(22(4)5)32-29(36)37-30(6,7)8/h3,14-15,18-19,22,25-26H,9-10,12-13,16-17,20-21H2,1-2,4-8H3,(H,31,34)(H,32,36). The first-order chi connectivity index (χ1) is 17.5. The van der Waals surface area contributed by atoms with E-state index in [-0.39, 0.29) is 17.7 Å². The molecule has 3 amide bonds. The fraction of sp³-hybridized carbons (Fsp3) is 0.633. The summed E-state index contributed by atoms with van der Waals surface area (Å²) in [6.45, 7) is 14.1. The number of terminal acetylenes is 1. The maximum atomic E-state index is 14.1. The van der Waals surface area contributed by atoms with E-state index in [0.717, 1.165) is 38.5 Å². The van der Waals surface area contributed by atoms with E-state index in [9.17, 15) is 14.4 Å². The Morgan fingerprint density at radius 1 is 1.03 bits per heavy atom. The second-order valence-corrected chi connectivity index (χ2v) is 10.7. The Bertz CT molecular complexity index is 914. The molecule has 1 rings (SSSR count). The molecule has 0 aromatic heterocycles. The van der Waals surface area contributed by atoms with Gasteiger partial charge in [-0.05, 0) is 51.2 Å². The summed E-state index contributed by atoms with van der Waals surface area (Å²) in [6, 6.07) is 5.43. The quantitative estimate of drug-likeness (QED) is 0.251. The Morgan fingerprint density at radius 3 is 2.22 bits per heavy atom. The lowest BCUT2D eigenvalue weighted by molar-refractivity contribution is -0.143. The predicted octanol–water partition coefficient (Wildman–Crippen LogP) is 5.58. The number of hydrogen-bond donors (Lipinski definition) is 2. The van der Waals surface area contributed by atoms with E-state index >= 15 is 0 Å². The van der Waals surface area contributed by atoms with Gasteiger partial charge in [0.25, 0.3) is 0 Å². The smallest absolute Gasteiger partial charge is 0.408 e. The first-order valence-electron chi connectivity index (χ1n) is 13.6. The number of unbranched alkanes of at least 4 members (excludes halogenated alkanes) is 4. The Kier molecular flexibility index (Phi) is 13.8. The van der Waals surface area contributed by atoms with Crippen LogP contribution in [0.25, 0.3) is 0 Å². The number of ether oxygens (including phenoxy) is 1. The van der Waals surface area contributed by atoms with Gasteiger partial charge in [-0.15, -0.1) is 6.42 Å². The van der Waals surface area contributed by atoms with Crippen LogP contribution in [0.4, 0.5) is 4.79 Å². The molecule has 0 aliphatic heterocycles. The molecule has 7 nitrogen and oxygen atoms in total. The second-order valence-electron chi connectivity index (χ2n) is 10.7. The molecule has 0 aliphatic rings. The zero-order valence-electron chi connectivity index (χ0n) is 23.9. The summed E-state index contributed by atoms with van der Waals surface area (Å²) in [6.07, 6.45) is 10.6. The van der Waals surface area contributed by atoms with Gasteiger partial charge in [0, 0.05) is 18.7 Å². The van der Waals surface area contributed by atoms with Gasteiger partial charge in [0.15, 0.2) is 0 Å². The lowest BCUT2D eigenvalue weighted by atomic mass is 9.95. The Morgan fingerprint density at radius 2 is 1.65 bits per heavy atom. The normalized spacial score (nSPS) is 12.8. The third-order valence-electron chi connectivity index (χ3n) is 5.94. The van der Waals surface area contributed by atoms with Crippen molar-refractivity contribution >= 4 is 17.9 Å². The van der Waals surface area contributed by atoms with Crippen LogP contribution in [0.15, 0.2) is 24.3 Å². The van der Waals surface area contributed by atoms with Crippen LogP contribution >= 0.6 is 0 Å². The molecule has 0 saturated carbocycles. The fourth-order valence-corrected chi connectivity index (χ4v) is 4.03. The van der Waals surface area contributed by atoms with Gasteiger partial charge in [-0.1, -0.05) is 77.5 Å². The zero-order chi connectivity index (χ0) is 28.0. The van der Waals surface area contributed by atoms with Gasteiger partial charge in [0.05, 0.1) is 0 Å². The number of hydrogen-bond acceptors (Lipinski definition) is 4. The summed E-state index contributed by atoms with van der Waals surface area (Å²) < 4.78 is 5.43.